The Morgan fingerprint density at radius 2 is 1.88 bits per heavy atom. The Hall–Kier alpha value is -1.39. The molecule has 0 bridgehead atoms. The third kappa shape index (κ3) is 4.97. The van der Waals surface area contributed by atoms with Crippen LogP contribution in [0.3, 0.4) is 0 Å². The van der Waals surface area contributed by atoms with E-state index in [1.807, 2.05) is 45.0 Å². The van der Waals surface area contributed by atoms with Crippen molar-refractivity contribution < 1.29 is 9.53 Å². The quantitative estimate of drug-likeness (QED) is 0.473. The molecule has 94 valence electrons. The molecule has 3 N–H and O–H groups in total. The topological polar surface area (TPSA) is 64.3 Å². The molecule has 1 amide bonds. The molecule has 0 unspecified atom stereocenters. The maximum atomic E-state index is 11.3. The number of hydrogen-bond donors (Lipinski definition) is 2. The summed E-state index contributed by atoms with van der Waals surface area (Å²) in [5.41, 5.74) is 3.91. The van der Waals surface area contributed by atoms with Crippen molar-refractivity contribution in [2.45, 2.75) is 39.4 Å². The minimum atomic E-state index is -0.201. The molecule has 1 aromatic rings. The number of carbonyl (C=O) groups excluding carboxylic acids is 1. The van der Waals surface area contributed by atoms with Crippen LogP contribution in [0.15, 0.2) is 24.3 Å². The predicted molar refractivity (Wildman–Crippen MR) is 67.0 cm³/mol. The number of nitrogens with two attached hydrogens (primary N) is 1. The third-order valence-electron chi connectivity index (χ3n) is 2.29. The number of nitrogens with one attached hydrogen (secondary N) is 1. The van der Waals surface area contributed by atoms with Gasteiger partial charge < -0.3 is 4.74 Å². The van der Waals surface area contributed by atoms with E-state index in [9.17, 15) is 4.79 Å². The third-order valence-corrected chi connectivity index (χ3v) is 2.29. The summed E-state index contributed by atoms with van der Waals surface area (Å²) < 4.78 is 5.71. The zero-order valence-corrected chi connectivity index (χ0v) is 10.6. The lowest BCUT2D eigenvalue weighted by atomic mass is 10.0. The summed E-state index contributed by atoms with van der Waals surface area (Å²) in [6, 6.07) is 7.71. The van der Waals surface area contributed by atoms with Gasteiger partial charge in [0, 0.05) is 0 Å². The van der Waals surface area contributed by atoms with E-state index in [2.05, 4.69) is 5.43 Å². The van der Waals surface area contributed by atoms with E-state index < -0.39 is 0 Å². The molecule has 17 heavy (non-hydrogen) atoms. The monoisotopic (exact) mass is 236 g/mol. The Morgan fingerprint density at radius 1 is 1.29 bits per heavy atom. The van der Waals surface area contributed by atoms with Gasteiger partial charge in [-0.25, -0.2) is 5.84 Å². The highest BCUT2D eigenvalue weighted by Gasteiger charge is 2.12. The average molecular weight is 236 g/mol. The SMILES string of the molecule is CC(C)(C)OCc1ccccc1CC(=O)NN. The number of ether oxygens (including phenoxy) is 1. The highest BCUT2D eigenvalue weighted by atomic mass is 16.5. The van der Waals surface area contributed by atoms with Gasteiger partial charge >= 0.3 is 0 Å². The number of hydrazine groups is 1. The van der Waals surface area contributed by atoms with Crippen molar-refractivity contribution in [2.75, 3.05) is 0 Å². The van der Waals surface area contributed by atoms with Crippen molar-refractivity contribution in [1.29, 1.82) is 0 Å². The Labute approximate surface area is 102 Å². The van der Waals surface area contributed by atoms with Gasteiger partial charge in [-0.3, -0.25) is 10.2 Å². The van der Waals surface area contributed by atoms with E-state index in [-0.39, 0.29) is 17.9 Å². The molecule has 1 rings (SSSR count). The summed E-state index contributed by atoms with van der Waals surface area (Å²) >= 11 is 0. The maximum Gasteiger partial charge on any atom is 0.238 e. The molecule has 0 aliphatic rings. The average Bonchev–Trinajstić information content (AvgIpc) is 2.26. The highest BCUT2D eigenvalue weighted by molar-refractivity contribution is 5.78. The molecule has 0 saturated heterocycles. The largest absolute Gasteiger partial charge is 0.371 e. The Balaban J connectivity index is 2.74. The number of benzene rings is 1. The fourth-order valence-corrected chi connectivity index (χ4v) is 1.39. The number of rotatable bonds is 4. The van der Waals surface area contributed by atoms with Crippen molar-refractivity contribution in [3.8, 4) is 0 Å². The molecule has 0 aliphatic carbocycles. The van der Waals surface area contributed by atoms with E-state index in [4.69, 9.17) is 10.6 Å². The molecule has 1 aromatic carbocycles. The molecular formula is C13H20N2O2. The van der Waals surface area contributed by atoms with E-state index >= 15 is 0 Å². The van der Waals surface area contributed by atoms with Crippen LogP contribution >= 0.6 is 0 Å². The molecular weight excluding hydrogens is 216 g/mol. The lowest BCUT2D eigenvalue weighted by Crippen LogP contribution is -2.31. The molecule has 0 aromatic heterocycles. The van der Waals surface area contributed by atoms with Crippen LogP contribution in [0.1, 0.15) is 31.9 Å². The number of hydrogen-bond acceptors (Lipinski definition) is 3. The van der Waals surface area contributed by atoms with Crippen molar-refractivity contribution in [3.63, 3.8) is 0 Å². The summed E-state index contributed by atoms with van der Waals surface area (Å²) in [4.78, 5) is 11.3. The van der Waals surface area contributed by atoms with Gasteiger partial charge in [0.1, 0.15) is 0 Å². The van der Waals surface area contributed by atoms with Crippen LogP contribution in [0.4, 0.5) is 0 Å². The lowest BCUT2D eigenvalue weighted by molar-refractivity contribution is -0.120. The van der Waals surface area contributed by atoms with Crippen LogP contribution < -0.4 is 11.3 Å². The number of amides is 1. The summed E-state index contributed by atoms with van der Waals surface area (Å²) in [5.74, 6) is 4.88. The Kier molecular flexibility index (Phi) is 4.66. The van der Waals surface area contributed by atoms with Crippen molar-refractivity contribution in [2.24, 2.45) is 5.84 Å². The summed E-state index contributed by atoms with van der Waals surface area (Å²) in [6.45, 7) is 6.50. The van der Waals surface area contributed by atoms with Crippen LogP contribution in [0.2, 0.25) is 0 Å². The molecule has 4 nitrogen and oxygen atoms in total. The zero-order valence-electron chi connectivity index (χ0n) is 10.6. The van der Waals surface area contributed by atoms with Crippen molar-refractivity contribution in [3.05, 3.63) is 35.4 Å². The molecule has 0 saturated carbocycles. The molecule has 0 aliphatic heterocycles. The van der Waals surface area contributed by atoms with Crippen LogP contribution in [0.5, 0.6) is 0 Å². The van der Waals surface area contributed by atoms with Gasteiger partial charge in [0.15, 0.2) is 0 Å². The Bertz CT molecular complexity index is 383. The second kappa shape index (κ2) is 5.80. The molecule has 0 heterocycles. The first kappa shape index (κ1) is 13.7. The predicted octanol–water partition coefficient (Wildman–Crippen LogP) is 1.53. The molecule has 0 fully saturated rings. The van der Waals surface area contributed by atoms with E-state index in [1.54, 1.807) is 0 Å². The minimum absolute atomic E-state index is 0.191. The summed E-state index contributed by atoms with van der Waals surface area (Å²) in [6.07, 6.45) is 0.278. The molecule has 4 heteroatoms. The van der Waals surface area contributed by atoms with E-state index in [1.165, 1.54) is 0 Å². The van der Waals surface area contributed by atoms with Gasteiger partial charge in [0.2, 0.25) is 5.91 Å². The molecule has 0 atom stereocenters. The fourth-order valence-electron chi connectivity index (χ4n) is 1.39. The summed E-state index contributed by atoms with van der Waals surface area (Å²) in [7, 11) is 0. The second-order valence-electron chi connectivity index (χ2n) is 4.91. The van der Waals surface area contributed by atoms with Crippen LogP contribution in [-0.2, 0) is 22.6 Å². The van der Waals surface area contributed by atoms with E-state index in [0.29, 0.717) is 6.61 Å². The smallest absolute Gasteiger partial charge is 0.238 e. The second-order valence-corrected chi connectivity index (χ2v) is 4.91. The van der Waals surface area contributed by atoms with Gasteiger partial charge in [-0.15, -0.1) is 0 Å². The number of carbonyl (C=O) groups is 1. The zero-order chi connectivity index (χ0) is 12.9. The lowest BCUT2D eigenvalue weighted by Gasteiger charge is -2.20. The maximum absolute atomic E-state index is 11.3. The highest BCUT2D eigenvalue weighted by Crippen LogP contribution is 2.15. The Morgan fingerprint density at radius 3 is 2.41 bits per heavy atom. The van der Waals surface area contributed by atoms with Gasteiger partial charge in [-0.1, -0.05) is 24.3 Å². The van der Waals surface area contributed by atoms with Gasteiger partial charge in [0.05, 0.1) is 18.6 Å². The van der Waals surface area contributed by atoms with E-state index in [0.717, 1.165) is 11.1 Å². The van der Waals surface area contributed by atoms with Crippen LogP contribution in [0.25, 0.3) is 0 Å². The minimum Gasteiger partial charge on any atom is -0.371 e. The van der Waals surface area contributed by atoms with Crippen molar-refractivity contribution in [1.82, 2.24) is 5.43 Å². The van der Waals surface area contributed by atoms with Crippen molar-refractivity contribution >= 4 is 5.91 Å². The first-order valence-corrected chi connectivity index (χ1v) is 5.62. The first-order chi connectivity index (χ1) is 7.92. The van der Waals surface area contributed by atoms with Gasteiger partial charge in [-0.2, -0.15) is 0 Å². The molecule has 0 radical (unpaired) electrons. The standard InChI is InChI=1S/C13H20N2O2/c1-13(2,3)17-9-11-7-5-4-6-10(11)8-12(16)15-14/h4-7H,8-9,14H2,1-3H3,(H,15,16). The van der Waals surface area contributed by atoms with Crippen LogP contribution in [0, 0.1) is 0 Å². The van der Waals surface area contributed by atoms with Crippen LogP contribution in [-0.4, -0.2) is 11.5 Å². The first-order valence-electron chi connectivity index (χ1n) is 5.62. The fraction of sp³-hybridized carbons (Fsp3) is 0.462. The molecule has 0 spiro atoms. The summed E-state index contributed by atoms with van der Waals surface area (Å²) in [5, 5.41) is 0. The normalized spacial score (nSPS) is 11.3. The van der Waals surface area contributed by atoms with Gasteiger partial charge in [0.25, 0.3) is 0 Å². The van der Waals surface area contributed by atoms with Gasteiger partial charge in [-0.05, 0) is 31.9 Å².